The van der Waals surface area contributed by atoms with Crippen LogP contribution in [0.3, 0.4) is 0 Å². The quantitative estimate of drug-likeness (QED) is 0.525. The fraction of sp³-hybridized carbons (Fsp3) is 0.217. The van der Waals surface area contributed by atoms with E-state index < -0.39 is 0 Å². The van der Waals surface area contributed by atoms with E-state index in [4.69, 9.17) is 14.2 Å². The number of benzene rings is 3. The zero-order valence-corrected chi connectivity index (χ0v) is 15.6. The van der Waals surface area contributed by atoms with Crippen molar-refractivity contribution in [3.63, 3.8) is 0 Å². The lowest BCUT2D eigenvalue weighted by Crippen LogP contribution is -2.09. The van der Waals surface area contributed by atoms with Gasteiger partial charge < -0.3 is 19.5 Å². The standard InChI is InChI=1S/C23H25NO3/c1-25-21-11-7-19(8-12-21)15-16-24-20-9-13-23(14-10-20)27-18-17-26-22-5-3-2-4-6-22/h2-14,24H,15-18H2,1H3. The van der Waals surface area contributed by atoms with Gasteiger partial charge in [0.25, 0.3) is 0 Å². The molecule has 0 radical (unpaired) electrons. The van der Waals surface area contributed by atoms with E-state index in [1.807, 2.05) is 66.7 Å². The van der Waals surface area contributed by atoms with Gasteiger partial charge in [-0.1, -0.05) is 30.3 Å². The molecule has 0 aliphatic rings. The second kappa shape index (κ2) is 10.1. The summed E-state index contributed by atoms with van der Waals surface area (Å²) in [5, 5.41) is 3.43. The molecule has 0 aromatic heterocycles. The van der Waals surface area contributed by atoms with Gasteiger partial charge in [-0.3, -0.25) is 0 Å². The second-order valence-electron chi connectivity index (χ2n) is 6.06. The normalized spacial score (nSPS) is 10.3. The van der Waals surface area contributed by atoms with E-state index >= 15 is 0 Å². The van der Waals surface area contributed by atoms with Crippen LogP contribution in [0.4, 0.5) is 5.69 Å². The third kappa shape index (κ3) is 6.26. The highest BCUT2D eigenvalue weighted by molar-refractivity contribution is 5.46. The molecule has 3 aromatic carbocycles. The van der Waals surface area contributed by atoms with Crippen LogP contribution in [0.25, 0.3) is 0 Å². The van der Waals surface area contributed by atoms with Gasteiger partial charge in [-0.05, 0) is 60.5 Å². The molecule has 0 atom stereocenters. The number of para-hydroxylation sites is 1. The average Bonchev–Trinajstić information content (AvgIpc) is 2.73. The van der Waals surface area contributed by atoms with Crippen LogP contribution in [-0.2, 0) is 6.42 Å². The molecule has 4 heteroatoms. The maximum absolute atomic E-state index is 5.71. The Bertz CT molecular complexity index is 786. The third-order valence-electron chi connectivity index (χ3n) is 4.12. The van der Waals surface area contributed by atoms with Crippen LogP contribution in [0.1, 0.15) is 5.56 Å². The fourth-order valence-electron chi connectivity index (χ4n) is 2.65. The minimum Gasteiger partial charge on any atom is -0.497 e. The van der Waals surface area contributed by atoms with Gasteiger partial charge in [0.1, 0.15) is 30.5 Å². The first-order chi connectivity index (χ1) is 13.3. The van der Waals surface area contributed by atoms with E-state index in [2.05, 4.69) is 17.4 Å². The molecule has 0 unspecified atom stereocenters. The van der Waals surface area contributed by atoms with Gasteiger partial charge >= 0.3 is 0 Å². The van der Waals surface area contributed by atoms with Gasteiger partial charge in [0.15, 0.2) is 0 Å². The van der Waals surface area contributed by atoms with E-state index in [1.54, 1.807) is 7.11 Å². The molecule has 27 heavy (non-hydrogen) atoms. The Morgan fingerprint density at radius 2 is 1.26 bits per heavy atom. The molecule has 0 amide bonds. The summed E-state index contributed by atoms with van der Waals surface area (Å²) in [6.45, 7) is 1.91. The molecule has 3 rings (SSSR count). The molecule has 0 spiro atoms. The van der Waals surface area contributed by atoms with Crippen LogP contribution in [0.15, 0.2) is 78.9 Å². The van der Waals surface area contributed by atoms with Crippen molar-refractivity contribution in [2.24, 2.45) is 0 Å². The summed E-state index contributed by atoms with van der Waals surface area (Å²) < 4.78 is 16.5. The molecule has 0 saturated heterocycles. The third-order valence-corrected chi connectivity index (χ3v) is 4.12. The maximum atomic E-state index is 5.71. The highest BCUT2D eigenvalue weighted by atomic mass is 16.5. The van der Waals surface area contributed by atoms with E-state index in [0.717, 1.165) is 35.9 Å². The Balaban J connectivity index is 1.35. The van der Waals surface area contributed by atoms with Crippen LogP contribution in [0.5, 0.6) is 17.2 Å². The first-order valence-corrected chi connectivity index (χ1v) is 9.11. The minimum absolute atomic E-state index is 0.513. The molecular weight excluding hydrogens is 338 g/mol. The first-order valence-electron chi connectivity index (χ1n) is 9.11. The van der Waals surface area contributed by atoms with Crippen LogP contribution in [0.2, 0.25) is 0 Å². The molecule has 4 nitrogen and oxygen atoms in total. The maximum Gasteiger partial charge on any atom is 0.122 e. The number of hydrogen-bond donors (Lipinski definition) is 1. The number of nitrogens with one attached hydrogen (secondary N) is 1. The molecule has 0 heterocycles. The van der Waals surface area contributed by atoms with E-state index in [1.165, 1.54) is 5.56 Å². The lowest BCUT2D eigenvalue weighted by atomic mass is 10.1. The van der Waals surface area contributed by atoms with Crippen molar-refractivity contribution in [1.29, 1.82) is 0 Å². The second-order valence-corrected chi connectivity index (χ2v) is 6.06. The molecule has 0 aliphatic carbocycles. The summed E-state index contributed by atoms with van der Waals surface area (Å²) >= 11 is 0. The van der Waals surface area contributed by atoms with Crippen LogP contribution in [0, 0.1) is 0 Å². The average molecular weight is 363 g/mol. The highest BCUT2D eigenvalue weighted by Gasteiger charge is 1.98. The predicted octanol–water partition coefficient (Wildman–Crippen LogP) is 4.81. The molecule has 0 bridgehead atoms. The van der Waals surface area contributed by atoms with Crippen molar-refractivity contribution in [3.05, 3.63) is 84.4 Å². The Hall–Kier alpha value is -3.14. The first kappa shape index (κ1) is 18.6. The summed E-state index contributed by atoms with van der Waals surface area (Å²) in [6.07, 6.45) is 0.957. The van der Waals surface area contributed by atoms with Crippen molar-refractivity contribution in [2.45, 2.75) is 6.42 Å². The smallest absolute Gasteiger partial charge is 0.122 e. The van der Waals surface area contributed by atoms with E-state index in [9.17, 15) is 0 Å². The van der Waals surface area contributed by atoms with Crippen LogP contribution >= 0.6 is 0 Å². The van der Waals surface area contributed by atoms with Gasteiger partial charge in [-0.2, -0.15) is 0 Å². The number of methoxy groups -OCH3 is 1. The largest absolute Gasteiger partial charge is 0.497 e. The highest BCUT2D eigenvalue weighted by Crippen LogP contribution is 2.16. The van der Waals surface area contributed by atoms with Gasteiger partial charge in [-0.25, -0.2) is 0 Å². The van der Waals surface area contributed by atoms with Crippen molar-refractivity contribution in [3.8, 4) is 17.2 Å². The lowest BCUT2D eigenvalue weighted by Gasteiger charge is -2.10. The molecule has 0 aliphatic heterocycles. The molecular formula is C23H25NO3. The van der Waals surface area contributed by atoms with Gasteiger partial charge in [-0.15, -0.1) is 0 Å². The Kier molecular flexibility index (Phi) is 6.99. The van der Waals surface area contributed by atoms with Crippen molar-refractivity contribution >= 4 is 5.69 Å². The number of ether oxygens (including phenoxy) is 3. The van der Waals surface area contributed by atoms with Crippen LogP contribution in [-0.4, -0.2) is 26.9 Å². The van der Waals surface area contributed by atoms with Gasteiger partial charge in [0.05, 0.1) is 7.11 Å². The topological polar surface area (TPSA) is 39.7 Å². The minimum atomic E-state index is 0.513. The molecule has 3 aromatic rings. The summed E-state index contributed by atoms with van der Waals surface area (Å²) in [5.74, 6) is 2.58. The SMILES string of the molecule is COc1ccc(CCNc2ccc(OCCOc3ccccc3)cc2)cc1. The van der Waals surface area contributed by atoms with Gasteiger partial charge in [0, 0.05) is 12.2 Å². The van der Waals surface area contributed by atoms with E-state index in [-0.39, 0.29) is 0 Å². The lowest BCUT2D eigenvalue weighted by molar-refractivity contribution is 0.217. The van der Waals surface area contributed by atoms with E-state index in [0.29, 0.717) is 13.2 Å². The van der Waals surface area contributed by atoms with Crippen LogP contribution < -0.4 is 19.5 Å². The number of anilines is 1. The number of hydrogen-bond acceptors (Lipinski definition) is 4. The number of rotatable bonds is 10. The van der Waals surface area contributed by atoms with Crippen molar-refractivity contribution < 1.29 is 14.2 Å². The molecule has 0 saturated carbocycles. The molecule has 140 valence electrons. The van der Waals surface area contributed by atoms with Crippen molar-refractivity contribution in [1.82, 2.24) is 0 Å². The monoisotopic (exact) mass is 363 g/mol. The van der Waals surface area contributed by atoms with Crippen molar-refractivity contribution in [2.75, 3.05) is 32.2 Å². The Morgan fingerprint density at radius 3 is 1.89 bits per heavy atom. The zero-order chi connectivity index (χ0) is 18.7. The Morgan fingerprint density at radius 1 is 0.667 bits per heavy atom. The summed E-state index contributed by atoms with van der Waals surface area (Å²) in [7, 11) is 1.68. The Labute approximate surface area is 160 Å². The summed E-state index contributed by atoms with van der Waals surface area (Å²) in [4.78, 5) is 0. The summed E-state index contributed by atoms with van der Waals surface area (Å²) in [5.41, 5.74) is 2.36. The zero-order valence-electron chi connectivity index (χ0n) is 15.6. The predicted molar refractivity (Wildman–Crippen MR) is 109 cm³/mol. The van der Waals surface area contributed by atoms with Gasteiger partial charge in [0.2, 0.25) is 0 Å². The summed E-state index contributed by atoms with van der Waals surface area (Å²) in [6, 6.07) is 25.9. The fourth-order valence-corrected chi connectivity index (χ4v) is 2.65. The molecule has 1 N–H and O–H groups in total. The molecule has 0 fully saturated rings.